The highest BCUT2D eigenvalue weighted by Crippen LogP contribution is 2.23. The van der Waals surface area contributed by atoms with Crippen molar-refractivity contribution in [3.05, 3.63) is 76.3 Å². The molecule has 0 aliphatic rings. The average molecular weight is 338 g/mol. The van der Waals surface area contributed by atoms with Crippen LogP contribution in [0.2, 0.25) is 0 Å². The quantitative estimate of drug-likeness (QED) is 0.746. The molecular formula is C19H18N2O2S. The van der Waals surface area contributed by atoms with Crippen LogP contribution in [0.25, 0.3) is 0 Å². The predicted molar refractivity (Wildman–Crippen MR) is 95.7 cm³/mol. The molecule has 3 aromatic rings. The minimum Gasteiger partial charge on any atom is -0.431 e. The van der Waals surface area contributed by atoms with Gasteiger partial charge in [-0.15, -0.1) is 0 Å². The van der Waals surface area contributed by atoms with Crippen molar-refractivity contribution in [2.75, 3.05) is 0 Å². The molecular weight excluding hydrogens is 320 g/mol. The number of ether oxygens (including phenoxy) is 1. The lowest BCUT2D eigenvalue weighted by Gasteiger charge is -2.08. The van der Waals surface area contributed by atoms with E-state index in [9.17, 15) is 4.79 Å². The highest BCUT2D eigenvalue weighted by atomic mass is 32.1. The van der Waals surface area contributed by atoms with E-state index >= 15 is 0 Å². The van der Waals surface area contributed by atoms with Crippen LogP contribution in [0.3, 0.4) is 0 Å². The number of amides is 1. The molecule has 0 unspecified atom stereocenters. The van der Waals surface area contributed by atoms with Crippen LogP contribution < -0.4 is 10.1 Å². The summed E-state index contributed by atoms with van der Waals surface area (Å²) >= 11 is 1.45. The highest BCUT2D eigenvalue weighted by Gasteiger charge is 2.07. The van der Waals surface area contributed by atoms with E-state index in [0.717, 1.165) is 22.4 Å². The van der Waals surface area contributed by atoms with Gasteiger partial charge >= 0.3 is 0 Å². The van der Waals surface area contributed by atoms with Gasteiger partial charge in [0, 0.05) is 23.7 Å². The van der Waals surface area contributed by atoms with Crippen molar-refractivity contribution >= 4 is 17.2 Å². The number of hydrogen-bond donors (Lipinski definition) is 1. The molecule has 0 radical (unpaired) electrons. The van der Waals surface area contributed by atoms with Gasteiger partial charge in [-0.3, -0.25) is 4.79 Å². The second kappa shape index (κ2) is 7.27. The summed E-state index contributed by atoms with van der Waals surface area (Å²) in [6.07, 6.45) is 1.71. The Balaban J connectivity index is 1.59. The number of hydrogen-bond acceptors (Lipinski definition) is 4. The Morgan fingerprint density at radius 1 is 1.12 bits per heavy atom. The Bertz CT molecular complexity index is 807. The van der Waals surface area contributed by atoms with Crippen molar-refractivity contribution in [3.63, 3.8) is 0 Å². The Hall–Kier alpha value is -2.66. The van der Waals surface area contributed by atoms with E-state index in [1.165, 1.54) is 11.3 Å². The molecule has 4 nitrogen and oxygen atoms in total. The number of benzene rings is 2. The van der Waals surface area contributed by atoms with E-state index in [0.29, 0.717) is 17.3 Å². The fraction of sp³-hybridized carbons (Fsp3) is 0.158. The third-order valence-corrected chi connectivity index (χ3v) is 4.12. The third-order valence-electron chi connectivity index (χ3n) is 3.48. The molecule has 1 amide bonds. The fourth-order valence-electron chi connectivity index (χ4n) is 2.43. The first-order valence-electron chi connectivity index (χ1n) is 7.63. The molecule has 24 heavy (non-hydrogen) atoms. The predicted octanol–water partition coefficient (Wildman–Crippen LogP) is 4.48. The number of rotatable bonds is 5. The second-order valence-electron chi connectivity index (χ2n) is 5.60. The van der Waals surface area contributed by atoms with E-state index < -0.39 is 0 Å². The van der Waals surface area contributed by atoms with Crippen molar-refractivity contribution < 1.29 is 9.53 Å². The molecule has 0 aliphatic carbocycles. The molecule has 0 spiro atoms. The van der Waals surface area contributed by atoms with E-state index in [1.54, 1.807) is 6.20 Å². The van der Waals surface area contributed by atoms with Gasteiger partial charge in [-0.05, 0) is 43.7 Å². The number of carbonyl (C=O) groups is 1. The van der Waals surface area contributed by atoms with Crippen molar-refractivity contribution in [1.29, 1.82) is 0 Å². The summed E-state index contributed by atoms with van der Waals surface area (Å²) in [5.74, 6) is 0.666. The molecule has 0 fully saturated rings. The van der Waals surface area contributed by atoms with Crippen molar-refractivity contribution in [3.8, 4) is 10.9 Å². The summed E-state index contributed by atoms with van der Waals surface area (Å²) < 4.78 is 5.61. The Kier molecular flexibility index (Phi) is 4.91. The van der Waals surface area contributed by atoms with Crippen LogP contribution in [0, 0.1) is 13.8 Å². The summed E-state index contributed by atoms with van der Waals surface area (Å²) in [4.78, 5) is 16.3. The number of thiazole rings is 1. The Morgan fingerprint density at radius 2 is 1.83 bits per heavy atom. The molecule has 0 atom stereocenters. The zero-order chi connectivity index (χ0) is 16.9. The molecule has 0 saturated carbocycles. The first-order valence-corrected chi connectivity index (χ1v) is 8.51. The molecule has 0 aliphatic heterocycles. The lowest BCUT2D eigenvalue weighted by Crippen LogP contribution is -2.22. The maximum absolute atomic E-state index is 12.3. The summed E-state index contributed by atoms with van der Waals surface area (Å²) in [7, 11) is 0. The van der Waals surface area contributed by atoms with Gasteiger partial charge in [0.2, 0.25) is 0 Å². The standard InChI is InChI=1S/C19H18N2O2S/c1-13-9-14(2)11-16(10-13)18(22)21-12-15-3-5-17(6-4-15)23-19-20-7-8-24-19/h3-11H,12H2,1-2H3,(H,21,22). The Morgan fingerprint density at radius 3 is 2.46 bits per heavy atom. The fourth-order valence-corrected chi connectivity index (χ4v) is 2.93. The maximum Gasteiger partial charge on any atom is 0.278 e. The smallest absolute Gasteiger partial charge is 0.278 e. The van der Waals surface area contributed by atoms with Crippen LogP contribution in [-0.2, 0) is 6.54 Å². The van der Waals surface area contributed by atoms with Gasteiger partial charge in [-0.2, -0.15) is 0 Å². The van der Waals surface area contributed by atoms with Crippen LogP contribution in [0.15, 0.2) is 54.0 Å². The van der Waals surface area contributed by atoms with E-state index in [2.05, 4.69) is 16.4 Å². The number of aryl methyl sites for hydroxylation is 2. The number of nitrogens with zero attached hydrogens (tertiary/aromatic N) is 1. The van der Waals surface area contributed by atoms with Crippen molar-refractivity contribution in [2.24, 2.45) is 0 Å². The second-order valence-corrected chi connectivity index (χ2v) is 6.46. The third kappa shape index (κ3) is 4.20. The van der Waals surface area contributed by atoms with Gasteiger partial charge in [0.1, 0.15) is 5.75 Å². The van der Waals surface area contributed by atoms with Gasteiger partial charge in [-0.1, -0.05) is 40.7 Å². The summed E-state index contributed by atoms with van der Waals surface area (Å²) in [6, 6.07) is 13.5. The Labute approximate surface area is 145 Å². The van der Waals surface area contributed by atoms with Crippen LogP contribution >= 0.6 is 11.3 Å². The highest BCUT2D eigenvalue weighted by molar-refractivity contribution is 7.11. The van der Waals surface area contributed by atoms with E-state index in [-0.39, 0.29) is 5.91 Å². The molecule has 1 aromatic heterocycles. The van der Waals surface area contributed by atoms with Gasteiger partial charge in [0.05, 0.1) is 0 Å². The van der Waals surface area contributed by atoms with Crippen molar-refractivity contribution in [1.82, 2.24) is 10.3 Å². The molecule has 3 rings (SSSR count). The number of nitrogens with one attached hydrogen (secondary N) is 1. The van der Waals surface area contributed by atoms with Crippen molar-refractivity contribution in [2.45, 2.75) is 20.4 Å². The van der Waals surface area contributed by atoms with Gasteiger partial charge in [0.15, 0.2) is 0 Å². The van der Waals surface area contributed by atoms with E-state index in [1.807, 2.05) is 55.6 Å². The molecule has 5 heteroatoms. The molecule has 0 saturated heterocycles. The topological polar surface area (TPSA) is 51.2 Å². The largest absolute Gasteiger partial charge is 0.431 e. The summed E-state index contributed by atoms with van der Waals surface area (Å²) in [5.41, 5.74) is 3.88. The minimum atomic E-state index is -0.0649. The van der Waals surface area contributed by atoms with Gasteiger partial charge in [0.25, 0.3) is 11.1 Å². The number of aromatic nitrogens is 1. The lowest BCUT2D eigenvalue weighted by molar-refractivity contribution is 0.0950. The van der Waals surface area contributed by atoms with Crippen LogP contribution in [0.5, 0.6) is 10.9 Å². The average Bonchev–Trinajstić information content (AvgIpc) is 3.06. The minimum absolute atomic E-state index is 0.0649. The SMILES string of the molecule is Cc1cc(C)cc(C(=O)NCc2ccc(Oc3nccs3)cc2)c1. The molecule has 1 heterocycles. The molecule has 122 valence electrons. The first-order chi connectivity index (χ1) is 11.6. The van der Waals surface area contributed by atoms with Gasteiger partial charge < -0.3 is 10.1 Å². The maximum atomic E-state index is 12.3. The van der Waals surface area contributed by atoms with Crippen LogP contribution in [0.1, 0.15) is 27.0 Å². The monoisotopic (exact) mass is 338 g/mol. The zero-order valence-electron chi connectivity index (χ0n) is 13.6. The summed E-state index contributed by atoms with van der Waals surface area (Å²) in [6.45, 7) is 4.46. The first kappa shape index (κ1) is 16.2. The summed E-state index contributed by atoms with van der Waals surface area (Å²) in [5, 5.41) is 5.43. The van der Waals surface area contributed by atoms with Crippen LogP contribution in [0.4, 0.5) is 0 Å². The van der Waals surface area contributed by atoms with Gasteiger partial charge in [-0.25, -0.2) is 4.98 Å². The molecule has 0 bridgehead atoms. The normalized spacial score (nSPS) is 10.4. The molecule has 2 aromatic carbocycles. The zero-order valence-corrected chi connectivity index (χ0v) is 14.4. The number of carbonyl (C=O) groups excluding carboxylic acids is 1. The van der Waals surface area contributed by atoms with Crippen LogP contribution in [-0.4, -0.2) is 10.9 Å². The molecule has 1 N–H and O–H groups in total. The lowest BCUT2D eigenvalue weighted by atomic mass is 10.1. The van der Waals surface area contributed by atoms with E-state index in [4.69, 9.17) is 4.74 Å².